The quantitative estimate of drug-likeness (QED) is 0.830. The van der Waals surface area contributed by atoms with Crippen LogP contribution in [0.25, 0.3) is 0 Å². The fourth-order valence-corrected chi connectivity index (χ4v) is 1.55. The van der Waals surface area contributed by atoms with Gasteiger partial charge in [-0.15, -0.1) is 6.58 Å². The van der Waals surface area contributed by atoms with Crippen molar-refractivity contribution in [3.63, 3.8) is 0 Å². The zero-order valence-corrected chi connectivity index (χ0v) is 10.7. The van der Waals surface area contributed by atoms with Crippen LogP contribution in [0.5, 0.6) is 5.75 Å². The normalized spacial score (nSPS) is 12.2. The second-order valence-corrected chi connectivity index (χ2v) is 4.22. The zero-order chi connectivity index (χ0) is 11.3. The first-order valence-electron chi connectivity index (χ1n) is 4.85. The van der Waals surface area contributed by atoms with Gasteiger partial charge in [0, 0.05) is 17.1 Å². The van der Waals surface area contributed by atoms with E-state index in [4.69, 9.17) is 4.74 Å². The minimum atomic E-state index is 0.308. The smallest absolute Gasteiger partial charge is 0.119 e. The lowest BCUT2D eigenvalue weighted by Crippen LogP contribution is -2.23. The van der Waals surface area contributed by atoms with Gasteiger partial charge in [-0.1, -0.05) is 22.0 Å². The average molecular weight is 270 g/mol. The molecule has 0 fully saturated rings. The summed E-state index contributed by atoms with van der Waals surface area (Å²) in [6.07, 6.45) is 1.88. The minimum absolute atomic E-state index is 0.308. The predicted molar refractivity (Wildman–Crippen MR) is 67.2 cm³/mol. The molecule has 1 rings (SSSR count). The second-order valence-electron chi connectivity index (χ2n) is 3.36. The molecule has 1 N–H and O–H groups in total. The molecule has 0 aliphatic carbocycles. The summed E-state index contributed by atoms with van der Waals surface area (Å²) in [5.41, 5.74) is 1.18. The van der Waals surface area contributed by atoms with Crippen molar-refractivity contribution in [3.8, 4) is 5.75 Å². The molecule has 0 radical (unpaired) electrons. The third-order valence-corrected chi connectivity index (χ3v) is 2.99. The molecule has 1 unspecified atom stereocenters. The van der Waals surface area contributed by atoms with E-state index in [1.807, 2.05) is 24.3 Å². The maximum Gasteiger partial charge on any atom is 0.119 e. The van der Waals surface area contributed by atoms with Crippen molar-refractivity contribution < 1.29 is 4.74 Å². The molecule has 1 atom stereocenters. The number of hydrogen-bond acceptors (Lipinski definition) is 2. The molecule has 2 nitrogen and oxygen atoms in total. The maximum absolute atomic E-state index is 5.17. The Morgan fingerprint density at radius 1 is 1.60 bits per heavy atom. The van der Waals surface area contributed by atoms with Gasteiger partial charge in [-0.2, -0.15) is 0 Å². The predicted octanol–water partition coefficient (Wildman–Crippen LogP) is 3.12. The Morgan fingerprint density at radius 2 is 2.33 bits per heavy atom. The lowest BCUT2D eigenvalue weighted by molar-refractivity contribution is 0.414. The molecule has 1 aromatic rings. The van der Waals surface area contributed by atoms with Crippen molar-refractivity contribution in [1.29, 1.82) is 0 Å². The van der Waals surface area contributed by atoms with Gasteiger partial charge in [0.1, 0.15) is 5.75 Å². The van der Waals surface area contributed by atoms with Gasteiger partial charge in [0.05, 0.1) is 7.11 Å². The van der Waals surface area contributed by atoms with E-state index in [2.05, 4.69) is 34.7 Å². The van der Waals surface area contributed by atoms with Gasteiger partial charge in [-0.25, -0.2) is 0 Å². The maximum atomic E-state index is 5.17. The lowest BCUT2D eigenvalue weighted by Gasteiger charge is -2.11. The summed E-state index contributed by atoms with van der Waals surface area (Å²) >= 11 is 3.51. The summed E-state index contributed by atoms with van der Waals surface area (Å²) in [6.45, 7) is 6.60. The van der Waals surface area contributed by atoms with E-state index < -0.39 is 0 Å². The Balaban J connectivity index is 2.70. The molecule has 0 saturated carbocycles. The van der Waals surface area contributed by atoms with Crippen LogP contribution in [0.2, 0.25) is 0 Å². The summed E-state index contributed by atoms with van der Waals surface area (Å²) in [5, 5.41) is 3.34. The van der Waals surface area contributed by atoms with E-state index in [1.54, 1.807) is 7.11 Å². The second kappa shape index (κ2) is 5.93. The number of nitrogens with one attached hydrogen (secondary N) is 1. The Labute approximate surface area is 99.5 Å². The largest absolute Gasteiger partial charge is 0.497 e. The molecule has 0 heterocycles. The summed E-state index contributed by atoms with van der Waals surface area (Å²) in [5.74, 6) is 0.876. The van der Waals surface area contributed by atoms with Crippen molar-refractivity contribution in [2.45, 2.75) is 19.5 Å². The highest BCUT2D eigenvalue weighted by Gasteiger charge is 2.03. The summed E-state index contributed by atoms with van der Waals surface area (Å²) in [6, 6.07) is 6.26. The van der Waals surface area contributed by atoms with Crippen molar-refractivity contribution in [3.05, 3.63) is 40.9 Å². The SMILES string of the molecule is C=CC(C)NCc1cc(OC)ccc1Br. The summed E-state index contributed by atoms with van der Waals surface area (Å²) in [4.78, 5) is 0. The Hall–Kier alpha value is -0.800. The third kappa shape index (κ3) is 3.68. The highest BCUT2D eigenvalue weighted by atomic mass is 79.9. The topological polar surface area (TPSA) is 21.3 Å². The monoisotopic (exact) mass is 269 g/mol. The first-order valence-corrected chi connectivity index (χ1v) is 5.65. The van der Waals surface area contributed by atoms with E-state index in [9.17, 15) is 0 Å². The molecule has 0 saturated heterocycles. The average Bonchev–Trinajstić information content (AvgIpc) is 2.27. The molecule has 0 bridgehead atoms. The first kappa shape index (κ1) is 12.3. The van der Waals surface area contributed by atoms with Crippen LogP contribution in [0.3, 0.4) is 0 Å². The van der Waals surface area contributed by atoms with Gasteiger partial charge in [-0.05, 0) is 30.7 Å². The summed E-state index contributed by atoms with van der Waals surface area (Å²) < 4.78 is 6.26. The van der Waals surface area contributed by atoms with E-state index in [0.29, 0.717) is 6.04 Å². The van der Waals surface area contributed by atoms with Gasteiger partial charge in [0.15, 0.2) is 0 Å². The number of methoxy groups -OCH3 is 1. The highest BCUT2D eigenvalue weighted by Crippen LogP contribution is 2.22. The van der Waals surface area contributed by atoms with E-state index >= 15 is 0 Å². The Bertz CT molecular complexity index is 338. The van der Waals surface area contributed by atoms with Crippen molar-refractivity contribution in [1.82, 2.24) is 5.32 Å². The van der Waals surface area contributed by atoms with E-state index in [-0.39, 0.29) is 0 Å². The van der Waals surface area contributed by atoms with Gasteiger partial charge >= 0.3 is 0 Å². The number of halogens is 1. The molecule has 15 heavy (non-hydrogen) atoms. The molecule has 0 amide bonds. The molecule has 82 valence electrons. The number of benzene rings is 1. The fraction of sp³-hybridized carbons (Fsp3) is 0.333. The third-order valence-electron chi connectivity index (χ3n) is 2.22. The van der Waals surface area contributed by atoms with E-state index in [0.717, 1.165) is 16.8 Å². The molecule has 1 aromatic carbocycles. The molecule has 0 aliphatic rings. The Kier molecular flexibility index (Phi) is 4.85. The van der Waals surface area contributed by atoms with Crippen molar-refractivity contribution >= 4 is 15.9 Å². The molecule has 0 aromatic heterocycles. The zero-order valence-electron chi connectivity index (χ0n) is 9.09. The number of hydrogen-bond donors (Lipinski definition) is 1. The number of rotatable bonds is 5. The van der Waals surface area contributed by atoms with E-state index in [1.165, 1.54) is 5.56 Å². The van der Waals surface area contributed by atoms with Gasteiger partial charge in [0.25, 0.3) is 0 Å². The molecule has 0 aliphatic heterocycles. The fourth-order valence-electron chi connectivity index (χ4n) is 1.17. The standard InChI is InChI=1S/C12H16BrNO/c1-4-9(2)14-8-10-7-11(15-3)5-6-12(10)13/h4-7,9,14H,1,8H2,2-3H3. The molecular weight excluding hydrogens is 254 g/mol. The summed E-state index contributed by atoms with van der Waals surface area (Å²) in [7, 11) is 1.67. The van der Waals surface area contributed by atoms with Crippen LogP contribution < -0.4 is 10.1 Å². The van der Waals surface area contributed by atoms with Crippen LogP contribution in [-0.2, 0) is 6.54 Å². The van der Waals surface area contributed by atoms with Crippen LogP contribution in [0, 0.1) is 0 Å². The van der Waals surface area contributed by atoms with Gasteiger partial charge < -0.3 is 10.1 Å². The highest BCUT2D eigenvalue weighted by molar-refractivity contribution is 9.10. The minimum Gasteiger partial charge on any atom is -0.497 e. The molecule has 3 heteroatoms. The number of ether oxygens (including phenoxy) is 1. The van der Waals surface area contributed by atoms with Crippen LogP contribution >= 0.6 is 15.9 Å². The van der Waals surface area contributed by atoms with Crippen LogP contribution in [0.15, 0.2) is 35.3 Å². The van der Waals surface area contributed by atoms with Gasteiger partial charge in [-0.3, -0.25) is 0 Å². The molecular formula is C12H16BrNO. The van der Waals surface area contributed by atoms with Crippen LogP contribution in [0.1, 0.15) is 12.5 Å². The Morgan fingerprint density at radius 3 is 2.93 bits per heavy atom. The van der Waals surface area contributed by atoms with Crippen molar-refractivity contribution in [2.24, 2.45) is 0 Å². The lowest BCUT2D eigenvalue weighted by atomic mass is 10.2. The van der Waals surface area contributed by atoms with Gasteiger partial charge in [0.2, 0.25) is 0 Å². The van der Waals surface area contributed by atoms with Crippen molar-refractivity contribution in [2.75, 3.05) is 7.11 Å². The molecule has 0 spiro atoms. The van der Waals surface area contributed by atoms with Crippen LogP contribution in [0.4, 0.5) is 0 Å². The van der Waals surface area contributed by atoms with Crippen LogP contribution in [-0.4, -0.2) is 13.2 Å². The first-order chi connectivity index (χ1) is 7.17.